The van der Waals surface area contributed by atoms with Crippen molar-refractivity contribution in [2.75, 3.05) is 13.2 Å². The van der Waals surface area contributed by atoms with Crippen LogP contribution in [0, 0.1) is 0 Å². The summed E-state index contributed by atoms with van der Waals surface area (Å²) in [7, 11) is 0. The van der Waals surface area contributed by atoms with E-state index < -0.39 is 0 Å². The zero-order chi connectivity index (χ0) is 13.5. The molecule has 0 spiro atoms. The van der Waals surface area contributed by atoms with Gasteiger partial charge in [-0.05, 0) is 49.6 Å². The van der Waals surface area contributed by atoms with E-state index in [0.717, 1.165) is 14.5 Å². The SMILES string of the molecule is C=CCNC(=O)COc1c(Br)cc(CN)cc1Br. The van der Waals surface area contributed by atoms with Gasteiger partial charge in [-0.3, -0.25) is 4.79 Å². The second kappa shape index (κ2) is 7.56. The van der Waals surface area contributed by atoms with Crippen LogP contribution in [0.25, 0.3) is 0 Å². The first kappa shape index (κ1) is 15.2. The molecule has 0 atom stereocenters. The fourth-order valence-electron chi connectivity index (χ4n) is 1.24. The van der Waals surface area contributed by atoms with Gasteiger partial charge < -0.3 is 15.8 Å². The summed E-state index contributed by atoms with van der Waals surface area (Å²) in [5, 5.41) is 2.63. The van der Waals surface area contributed by atoms with Crippen LogP contribution in [0.15, 0.2) is 33.7 Å². The summed E-state index contributed by atoms with van der Waals surface area (Å²) in [6, 6.07) is 3.73. The molecular formula is C12H14Br2N2O2. The van der Waals surface area contributed by atoms with Crippen molar-refractivity contribution in [2.24, 2.45) is 5.73 Å². The van der Waals surface area contributed by atoms with Crippen molar-refractivity contribution in [3.8, 4) is 5.75 Å². The number of ether oxygens (including phenoxy) is 1. The Kier molecular flexibility index (Phi) is 6.38. The van der Waals surface area contributed by atoms with Gasteiger partial charge in [0.05, 0.1) is 8.95 Å². The number of rotatable bonds is 6. The lowest BCUT2D eigenvalue weighted by Gasteiger charge is -2.11. The van der Waals surface area contributed by atoms with E-state index in [1.807, 2.05) is 12.1 Å². The van der Waals surface area contributed by atoms with E-state index in [1.165, 1.54) is 0 Å². The fraction of sp³-hybridized carbons (Fsp3) is 0.250. The molecule has 1 amide bonds. The van der Waals surface area contributed by atoms with Crippen LogP contribution in [0.2, 0.25) is 0 Å². The van der Waals surface area contributed by atoms with Gasteiger partial charge >= 0.3 is 0 Å². The molecule has 0 heterocycles. The first-order valence-electron chi connectivity index (χ1n) is 5.26. The molecule has 3 N–H and O–H groups in total. The van der Waals surface area contributed by atoms with E-state index in [-0.39, 0.29) is 12.5 Å². The lowest BCUT2D eigenvalue weighted by molar-refractivity contribution is -0.122. The van der Waals surface area contributed by atoms with E-state index >= 15 is 0 Å². The van der Waals surface area contributed by atoms with E-state index in [2.05, 4.69) is 43.8 Å². The molecule has 1 aromatic rings. The van der Waals surface area contributed by atoms with Crippen LogP contribution in [0.1, 0.15) is 5.56 Å². The first-order valence-corrected chi connectivity index (χ1v) is 6.85. The van der Waals surface area contributed by atoms with Gasteiger partial charge in [-0.2, -0.15) is 0 Å². The summed E-state index contributed by atoms with van der Waals surface area (Å²) in [5.41, 5.74) is 6.53. The van der Waals surface area contributed by atoms with Crippen LogP contribution in [-0.4, -0.2) is 19.1 Å². The largest absolute Gasteiger partial charge is 0.481 e. The molecule has 0 aliphatic rings. The maximum Gasteiger partial charge on any atom is 0.258 e. The van der Waals surface area contributed by atoms with Crippen molar-refractivity contribution >= 4 is 37.8 Å². The van der Waals surface area contributed by atoms with Crippen molar-refractivity contribution in [3.63, 3.8) is 0 Å². The quantitative estimate of drug-likeness (QED) is 0.748. The van der Waals surface area contributed by atoms with Gasteiger partial charge in [-0.25, -0.2) is 0 Å². The Morgan fingerprint density at radius 3 is 2.56 bits per heavy atom. The number of halogens is 2. The molecule has 1 rings (SSSR count). The van der Waals surface area contributed by atoms with Crippen molar-refractivity contribution in [3.05, 3.63) is 39.3 Å². The Labute approximate surface area is 123 Å². The van der Waals surface area contributed by atoms with Crippen molar-refractivity contribution in [1.29, 1.82) is 0 Å². The molecule has 4 nitrogen and oxygen atoms in total. The number of nitrogens with two attached hydrogens (primary N) is 1. The monoisotopic (exact) mass is 376 g/mol. The molecule has 0 aromatic heterocycles. The summed E-state index contributed by atoms with van der Waals surface area (Å²) >= 11 is 6.77. The summed E-state index contributed by atoms with van der Waals surface area (Å²) < 4.78 is 6.96. The van der Waals surface area contributed by atoms with Gasteiger partial charge in [0.1, 0.15) is 5.75 Å². The summed E-state index contributed by atoms with van der Waals surface area (Å²) in [5.74, 6) is 0.387. The maximum absolute atomic E-state index is 11.4. The lowest BCUT2D eigenvalue weighted by atomic mass is 10.2. The summed E-state index contributed by atoms with van der Waals surface area (Å²) in [4.78, 5) is 11.4. The Bertz CT molecular complexity index is 427. The van der Waals surface area contributed by atoms with Crippen LogP contribution in [-0.2, 0) is 11.3 Å². The predicted molar refractivity (Wildman–Crippen MR) is 78.4 cm³/mol. The molecule has 0 fully saturated rings. The first-order chi connectivity index (χ1) is 8.58. The normalized spacial score (nSPS) is 9.94. The fourth-order valence-corrected chi connectivity index (χ4v) is 2.75. The molecule has 98 valence electrons. The summed E-state index contributed by atoms with van der Waals surface area (Å²) in [6.07, 6.45) is 1.61. The molecule has 0 radical (unpaired) electrons. The maximum atomic E-state index is 11.4. The summed E-state index contributed by atoms with van der Waals surface area (Å²) in [6.45, 7) is 4.34. The number of nitrogens with one attached hydrogen (secondary N) is 1. The molecule has 0 aliphatic carbocycles. The molecule has 0 unspecified atom stereocenters. The van der Waals surface area contributed by atoms with Gasteiger partial charge in [-0.1, -0.05) is 6.08 Å². The lowest BCUT2D eigenvalue weighted by Crippen LogP contribution is -2.28. The van der Waals surface area contributed by atoms with Gasteiger partial charge in [0, 0.05) is 13.1 Å². The van der Waals surface area contributed by atoms with Crippen LogP contribution < -0.4 is 15.8 Å². The van der Waals surface area contributed by atoms with Gasteiger partial charge in [0.2, 0.25) is 0 Å². The van der Waals surface area contributed by atoms with E-state index in [1.54, 1.807) is 6.08 Å². The standard InChI is InChI=1S/C12H14Br2N2O2/c1-2-3-16-11(17)7-18-12-9(13)4-8(6-15)5-10(12)14/h2,4-5H,1,3,6-7,15H2,(H,16,17). The van der Waals surface area contributed by atoms with Gasteiger partial charge in [0.25, 0.3) is 5.91 Å². The minimum atomic E-state index is -0.198. The second-order valence-corrected chi connectivity index (χ2v) is 5.18. The van der Waals surface area contributed by atoms with Crippen molar-refractivity contribution < 1.29 is 9.53 Å². The van der Waals surface area contributed by atoms with Crippen molar-refractivity contribution in [2.45, 2.75) is 6.54 Å². The number of amides is 1. The second-order valence-electron chi connectivity index (χ2n) is 3.47. The Morgan fingerprint density at radius 1 is 1.44 bits per heavy atom. The van der Waals surface area contributed by atoms with Crippen LogP contribution >= 0.6 is 31.9 Å². The highest BCUT2D eigenvalue weighted by molar-refractivity contribution is 9.11. The average Bonchev–Trinajstić information content (AvgIpc) is 2.34. The van der Waals surface area contributed by atoms with Gasteiger partial charge in [0.15, 0.2) is 6.61 Å². The zero-order valence-electron chi connectivity index (χ0n) is 9.71. The number of carbonyl (C=O) groups excluding carboxylic acids is 1. The van der Waals surface area contributed by atoms with Crippen LogP contribution in [0.4, 0.5) is 0 Å². The number of benzene rings is 1. The van der Waals surface area contributed by atoms with Crippen LogP contribution in [0.5, 0.6) is 5.75 Å². The smallest absolute Gasteiger partial charge is 0.258 e. The molecule has 0 saturated heterocycles. The van der Waals surface area contributed by atoms with E-state index in [4.69, 9.17) is 10.5 Å². The van der Waals surface area contributed by atoms with Crippen LogP contribution in [0.3, 0.4) is 0 Å². The Balaban J connectivity index is 2.67. The minimum absolute atomic E-state index is 0.0486. The predicted octanol–water partition coefficient (Wildman–Crippen LogP) is 2.35. The molecule has 6 heteroatoms. The molecule has 18 heavy (non-hydrogen) atoms. The average molecular weight is 378 g/mol. The highest BCUT2D eigenvalue weighted by Gasteiger charge is 2.10. The number of hydrogen-bond acceptors (Lipinski definition) is 3. The highest BCUT2D eigenvalue weighted by atomic mass is 79.9. The zero-order valence-corrected chi connectivity index (χ0v) is 12.9. The molecule has 0 saturated carbocycles. The molecule has 0 aliphatic heterocycles. The topological polar surface area (TPSA) is 64.3 Å². The Hall–Kier alpha value is -0.850. The third-order valence-electron chi connectivity index (χ3n) is 2.08. The number of carbonyl (C=O) groups is 1. The molecule has 1 aromatic carbocycles. The molecule has 0 bridgehead atoms. The molecular weight excluding hydrogens is 364 g/mol. The third-order valence-corrected chi connectivity index (χ3v) is 3.26. The third kappa shape index (κ3) is 4.44. The van der Waals surface area contributed by atoms with E-state index in [0.29, 0.717) is 18.8 Å². The van der Waals surface area contributed by atoms with Crippen molar-refractivity contribution in [1.82, 2.24) is 5.32 Å². The minimum Gasteiger partial charge on any atom is -0.481 e. The van der Waals surface area contributed by atoms with E-state index in [9.17, 15) is 4.79 Å². The van der Waals surface area contributed by atoms with Gasteiger partial charge in [-0.15, -0.1) is 6.58 Å². The number of hydrogen-bond donors (Lipinski definition) is 2. The Morgan fingerprint density at radius 2 is 2.06 bits per heavy atom. The highest BCUT2D eigenvalue weighted by Crippen LogP contribution is 2.34.